The molecule has 0 aromatic carbocycles. The Kier molecular flexibility index (Phi) is 7.63. The van der Waals surface area contributed by atoms with Crippen LogP contribution in [0.1, 0.15) is 12.8 Å². The molecular weight excluding hydrogens is 369 g/mol. The maximum absolute atomic E-state index is 12.6. The molecule has 0 radical (unpaired) electrons. The normalized spacial score (nSPS) is 28.7. The third-order valence-corrected chi connectivity index (χ3v) is 4.91. The van der Waals surface area contributed by atoms with Crippen LogP contribution in [0, 0.1) is 17.8 Å². The van der Waals surface area contributed by atoms with E-state index < -0.39 is 12.1 Å². The van der Waals surface area contributed by atoms with Gasteiger partial charge < -0.3 is 9.84 Å². The predicted molar refractivity (Wildman–Crippen MR) is 88.5 cm³/mol. The Morgan fingerprint density at radius 1 is 1.22 bits per heavy atom. The molecule has 0 spiro atoms. The molecule has 3 rings (SSSR count). The number of ether oxygens (including phenoxy) is 1. The van der Waals surface area contributed by atoms with Crippen LogP contribution in [0.25, 0.3) is 0 Å². The van der Waals surface area contributed by atoms with Crippen molar-refractivity contribution in [2.24, 2.45) is 17.8 Å². The number of rotatable bonds is 3. The van der Waals surface area contributed by atoms with Crippen LogP contribution in [0.5, 0.6) is 0 Å². The second kappa shape index (κ2) is 9.52. The second-order valence-electron chi connectivity index (χ2n) is 6.86. The highest BCUT2D eigenvalue weighted by molar-refractivity contribution is 5.78. The number of likely N-dealkylation sites (tertiary alicyclic amines) is 1. The Labute approximate surface area is 155 Å². The van der Waals surface area contributed by atoms with E-state index in [2.05, 4.69) is 11.5 Å². The van der Waals surface area contributed by atoms with Crippen LogP contribution < -0.4 is 0 Å². The number of alkyl halides is 3. The van der Waals surface area contributed by atoms with Gasteiger partial charge in [-0.2, -0.15) is 13.2 Å². The first-order valence-corrected chi connectivity index (χ1v) is 8.89. The Morgan fingerprint density at radius 2 is 1.93 bits per heavy atom. The minimum atomic E-state index is -5.08. The van der Waals surface area contributed by atoms with Gasteiger partial charge in [0.1, 0.15) is 0 Å². The summed E-state index contributed by atoms with van der Waals surface area (Å²) < 4.78 is 37.4. The third-order valence-electron chi connectivity index (χ3n) is 4.91. The summed E-state index contributed by atoms with van der Waals surface area (Å²) in [4.78, 5) is 29.4. The summed E-state index contributed by atoms with van der Waals surface area (Å²) >= 11 is 0. The molecule has 3 atom stereocenters. The lowest BCUT2D eigenvalue weighted by molar-refractivity contribution is -0.207. The van der Waals surface area contributed by atoms with Crippen molar-refractivity contribution in [1.82, 2.24) is 9.96 Å². The molecule has 3 fully saturated rings. The number of carboxylic acid groups (broad SMARTS) is 1. The Morgan fingerprint density at radius 3 is 2.48 bits per heavy atom. The van der Waals surface area contributed by atoms with Crippen molar-refractivity contribution in [2.75, 3.05) is 46.0 Å². The van der Waals surface area contributed by atoms with Gasteiger partial charge in [0.25, 0.3) is 5.91 Å². The molecule has 0 saturated carbocycles. The van der Waals surface area contributed by atoms with E-state index in [9.17, 15) is 18.0 Å². The lowest BCUT2D eigenvalue weighted by Gasteiger charge is -2.36. The summed E-state index contributed by atoms with van der Waals surface area (Å²) in [7, 11) is 0. The van der Waals surface area contributed by atoms with E-state index in [1.165, 1.54) is 0 Å². The van der Waals surface area contributed by atoms with Gasteiger partial charge in [0.15, 0.2) is 0 Å². The third kappa shape index (κ3) is 5.91. The number of amides is 1. The highest BCUT2D eigenvalue weighted by Crippen LogP contribution is 2.35. The minimum absolute atomic E-state index is 0.0401. The number of halogens is 3. The Hall–Kier alpha value is -1.65. The summed E-state index contributed by atoms with van der Waals surface area (Å²) in [6.07, 6.45) is -1.07. The molecule has 0 aromatic rings. The number of nitrogens with zero attached hydrogens (tertiary/aromatic N) is 2. The average Bonchev–Trinajstić information content (AvgIpc) is 3.04. The molecule has 0 bridgehead atoms. The first kappa shape index (κ1) is 21.6. The van der Waals surface area contributed by atoms with Gasteiger partial charge in [-0.05, 0) is 24.7 Å². The van der Waals surface area contributed by atoms with Gasteiger partial charge in [-0.25, -0.2) is 9.86 Å². The summed E-state index contributed by atoms with van der Waals surface area (Å²) in [5.41, 5.74) is 0. The van der Waals surface area contributed by atoms with Crippen molar-refractivity contribution >= 4 is 11.9 Å². The van der Waals surface area contributed by atoms with Crippen LogP contribution in [0.15, 0.2) is 12.7 Å². The van der Waals surface area contributed by atoms with Crippen molar-refractivity contribution in [1.29, 1.82) is 0 Å². The van der Waals surface area contributed by atoms with E-state index in [0.717, 1.165) is 45.6 Å². The lowest BCUT2D eigenvalue weighted by atomic mass is 9.82. The number of aliphatic carboxylic acids is 1. The molecule has 3 aliphatic rings. The minimum Gasteiger partial charge on any atom is -0.475 e. The van der Waals surface area contributed by atoms with E-state index in [0.29, 0.717) is 25.0 Å². The summed E-state index contributed by atoms with van der Waals surface area (Å²) in [6.45, 7) is 9.40. The zero-order valence-electron chi connectivity index (χ0n) is 15.0. The fourth-order valence-corrected chi connectivity index (χ4v) is 3.63. The topological polar surface area (TPSA) is 79.3 Å². The number of hydrogen-bond donors (Lipinski definition) is 1. The molecule has 27 heavy (non-hydrogen) atoms. The zero-order valence-corrected chi connectivity index (χ0v) is 15.0. The number of carbonyl (C=O) groups is 2. The van der Waals surface area contributed by atoms with Crippen molar-refractivity contribution < 1.29 is 37.4 Å². The number of carboxylic acids is 1. The summed E-state index contributed by atoms with van der Waals surface area (Å²) in [5, 5.41) is 8.70. The molecule has 7 nitrogen and oxygen atoms in total. The fraction of sp³-hybridized carbons (Fsp3) is 0.765. The lowest BCUT2D eigenvalue weighted by Crippen LogP contribution is -2.47. The molecular formula is C17H25F3N2O5. The number of fused-ring (bicyclic) bond motifs is 1. The zero-order chi connectivity index (χ0) is 20.0. The number of hydrogen-bond acceptors (Lipinski definition) is 5. The van der Waals surface area contributed by atoms with Crippen molar-refractivity contribution in [3.05, 3.63) is 12.7 Å². The smallest absolute Gasteiger partial charge is 0.475 e. The number of carbonyl (C=O) groups excluding carboxylic acids is 1. The van der Waals surface area contributed by atoms with Gasteiger partial charge in [-0.15, -0.1) is 6.58 Å². The van der Waals surface area contributed by atoms with E-state index in [1.807, 2.05) is 6.08 Å². The first-order chi connectivity index (χ1) is 12.7. The predicted octanol–water partition coefficient (Wildman–Crippen LogP) is 1.55. The van der Waals surface area contributed by atoms with Crippen LogP contribution >= 0.6 is 0 Å². The quantitative estimate of drug-likeness (QED) is 0.732. The fourth-order valence-electron chi connectivity index (χ4n) is 3.63. The Balaban J connectivity index is 0.000000321. The first-order valence-electron chi connectivity index (χ1n) is 8.89. The van der Waals surface area contributed by atoms with Gasteiger partial charge in [0, 0.05) is 26.2 Å². The highest BCUT2D eigenvalue weighted by Gasteiger charge is 2.45. The molecule has 10 heteroatoms. The molecule has 3 heterocycles. The monoisotopic (exact) mass is 394 g/mol. The average molecular weight is 394 g/mol. The molecule has 0 unspecified atom stereocenters. The highest BCUT2D eigenvalue weighted by atomic mass is 19.4. The molecule has 3 aliphatic heterocycles. The van der Waals surface area contributed by atoms with Crippen molar-refractivity contribution in [2.45, 2.75) is 19.0 Å². The van der Waals surface area contributed by atoms with Crippen LogP contribution in [-0.2, 0) is 19.2 Å². The van der Waals surface area contributed by atoms with Gasteiger partial charge in [0.05, 0.1) is 25.7 Å². The SMILES string of the molecule is C=CCN1C[C@@H]2COC[C@@H](C(=O)N3CCCCO3)[C@@H]2C1.O=C(O)C(F)(F)F. The maximum atomic E-state index is 12.6. The van der Waals surface area contributed by atoms with Crippen LogP contribution in [0.4, 0.5) is 13.2 Å². The largest absolute Gasteiger partial charge is 0.490 e. The molecule has 0 aliphatic carbocycles. The van der Waals surface area contributed by atoms with Gasteiger partial charge in [-0.3, -0.25) is 14.5 Å². The molecule has 1 amide bonds. The van der Waals surface area contributed by atoms with Gasteiger partial charge in [-0.1, -0.05) is 6.08 Å². The van der Waals surface area contributed by atoms with Crippen LogP contribution in [0.2, 0.25) is 0 Å². The van der Waals surface area contributed by atoms with Crippen LogP contribution in [-0.4, -0.2) is 79.1 Å². The summed E-state index contributed by atoms with van der Waals surface area (Å²) in [6, 6.07) is 0. The van der Waals surface area contributed by atoms with Crippen molar-refractivity contribution in [3.8, 4) is 0 Å². The van der Waals surface area contributed by atoms with E-state index in [-0.39, 0.29) is 11.8 Å². The number of hydroxylamine groups is 2. The van der Waals surface area contributed by atoms with Crippen molar-refractivity contribution in [3.63, 3.8) is 0 Å². The van der Waals surface area contributed by atoms with Gasteiger partial charge >= 0.3 is 12.1 Å². The maximum Gasteiger partial charge on any atom is 0.490 e. The molecule has 1 N–H and O–H groups in total. The van der Waals surface area contributed by atoms with Crippen LogP contribution in [0.3, 0.4) is 0 Å². The summed E-state index contributed by atoms with van der Waals surface area (Å²) in [5.74, 6) is -1.79. The van der Waals surface area contributed by atoms with E-state index >= 15 is 0 Å². The standard InChI is InChI=1S/C15H24N2O3.C2HF3O2/c1-2-5-16-8-12-10-19-11-14(13(12)9-16)15(18)17-6-3-4-7-20-17;3-2(4,5)1(6)7/h2,12-14H,1,3-11H2;(H,6,7)/t12-,13-,14-;/m1./s1. The molecule has 3 saturated heterocycles. The molecule has 154 valence electrons. The Bertz CT molecular complexity index is 537. The van der Waals surface area contributed by atoms with Gasteiger partial charge in [0.2, 0.25) is 0 Å². The van der Waals surface area contributed by atoms with E-state index in [1.54, 1.807) is 5.06 Å². The van der Waals surface area contributed by atoms with E-state index in [4.69, 9.17) is 19.5 Å². The molecule has 0 aromatic heterocycles. The second-order valence-corrected chi connectivity index (χ2v) is 6.86.